The van der Waals surface area contributed by atoms with Crippen molar-refractivity contribution in [2.45, 2.75) is 52.5 Å². The van der Waals surface area contributed by atoms with Crippen molar-refractivity contribution in [1.82, 2.24) is 5.32 Å². The van der Waals surface area contributed by atoms with Crippen LogP contribution < -0.4 is 10.2 Å². The summed E-state index contributed by atoms with van der Waals surface area (Å²) in [5, 5.41) is 3.72. The van der Waals surface area contributed by atoms with Crippen LogP contribution in [0.3, 0.4) is 0 Å². The van der Waals surface area contributed by atoms with Gasteiger partial charge in [0.1, 0.15) is 0 Å². The molecule has 0 saturated heterocycles. The molecule has 2 nitrogen and oxygen atoms in total. The summed E-state index contributed by atoms with van der Waals surface area (Å²) in [7, 11) is 2.22. The number of hydrogen-bond donors (Lipinski definition) is 1. The van der Waals surface area contributed by atoms with Crippen LogP contribution in [0.2, 0.25) is 0 Å². The van der Waals surface area contributed by atoms with Gasteiger partial charge < -0.3 is 10.2 Å². The maximum atomic E-state index is 3.72. The number of nitrogens with one attached hydrogen (secondary N) is 1. The van der Waals surface area contributed by atoms with Crippen molar-refractivity contribution in [3.05, 3.63) is 29.8 Å². The van der Waals surface area contributed by atoms with Crippen LogP contribution in [-0.4, -0.2) is 26.2 Å². The molecule has 0 spiro atoms. The largest absolute Gasteiger partial charge is 0.374 e. The first kappa shape index (κ1) is 15.4. The van der Waals surface area contributed by atoms with E-state index in [2.05, 4.69) is 62.3 Å². The Balaban J connectivity index is 1.98. The van der Waals surface area contributed by atoms with Crippen LogP contribution in [0.1, 0.15) is 45.1 Å². The number of aryl methyl sites for hydroxylation is 1. The average Bonchev–Trinajstić information content (AvgIpc) is 3.21. The van der Waals surface area contributed by atoms with Gasteiger partial charge in [-0.3, -0.25) is 0 Å². The molecule has 1 fully saturated rings. The van der Waals surface area contributed by atoms with Gasteiger partial charge in [0.15, 0.2) is 0 Å². The lowest BCUT2D eigenvalue weighted by molar-refractivity contribution is 0.283. The van der Waals surface area contributed by atoms with Crippen molar-refractivity contribution < 1.29 is 0 Å². The molecule has 1 aliphatic rings. The Morgan fingerprint density at radius 1 is 1.35 bits per heavy atom. The summed E-state index contributed by atoms with van der Waals surface area (Å²) < 4.78 is 0. The van der Waals surface area contributed by atoms with Crippen LogP contribution in [0.15, 0.2) is 24.3 Å². The fourth-order valence-corrected chi connectivity index (χ4v) is 3.03. The van der Waals surface area contributed by atoms with Crippen molar-refractivity contribution in [1.29, 1.82) is 0 Å². The zero-order chi connectivity index (χ0) is 14.6. The fraction of sp³-hybridized carbons (Fsp3) is 0.667. The topological polar surface area (TPSA) is 15.3 Å². The average molecular weight is 274 g/mol. The van der Waals surface area contributed by atoms with E-state index >= 15 is 0 Å². The molecule has 1 saturated carbocycles. The van der Waals surface area contributed by atoms with Gasteiger partial charge in [-0.05, 0) is 49.3 Å². The molecule has 1 aromatic rings. The molecule has 1 unspecified atom stereocenters. The first-order valence-corrected chi connectivity index (χ1v) is 8.03. The molecule has 1 N–H and O–H groups in total. The minimum atomic E-state index is 0.357. The maximum Gasteiger partial charge on any atom is 0.0366 e. The van der Waals surface area contributed by atoms with Crippen molar-refractivity contribution in [3.8, 4) is 0 Å². The van der Waals surface area contributed by atoms with Crippen LogP contribution in [0.4, 0.5) is 5.69 Å². The molecule has 20 heavy (non-hydrogen) atoms. The van der Waals surface area contributed by atoms with E-state index in [-0.39, 0.29) is 0 Å². The summed E-state index contributed by atoms with van der Waals surface area (Å²) in [6.45, 7) is 9.14. The number of rotatable bonds is 8. The minimum absolute atomic E-state index is 0.357. The van der Waals surface area contributed by atoms with E-state index < -0.39 is 0 Å². The fourth-order valence-electron chi connectivity index (χ4n) is 3.03. The molecule has 0 bridgehead atoms. The summed E-state index contributed by atoms with van der Waals surface area (Å²) in [5.41, 5.74) is 3.02. The highest BCUT2D eigenvalue weighted by atomic mass is 15.1. The molecule has 1 aromatic carbocycles. The molecule has 0 radical (unpaired) electrons. The summed E-state index contributed by atoms with van der Waals surface area (Å²) in [5.74, 6) is 0. The van der Waals surface area contributed by atoms with Gasteiger partial charge in [0, 0.05) is 31.9 Å². The van der Waals surface area contributed by atoms with E-state index in [0.717, 1.165) is 19.1 Å². The Labute approximate surface area is 124 Å². The zero-order valence-electron chi connectivity index (χ0n) is 13.6. The molecular weight excluding hydrogens is 244 g/mol. The first-order valence-electron chi connectivity index (χ1n) is 8.03. The van der Waals surface area contributed by atoms with Crippen LogP contribution >= 0.6 is 0 Å². The predicted octanol–water partition coefficient (Wildman–Crippen LogP) is 3.99. The predicted molar refractivity (Wildman–Crippen MR) is 88.5 cm³/mol. The standard InChI is InChI=1S/C18H30N2/c1-5-11-18(3,13-19-16-9-10-16)14-20(4)17-8-6-7-15(2)12-17/h6-8,12,16,19H,5,9-11,13-14H2,1-4H3. The van der Waals surface area contributed by atoms with Crippen LogP contribution in [0.25, 0.3) is 0 Å². The summed E-state index contributed by atoms with van der Waals surface area (Å²) in [6, 6.07) is 9.61. The Bertz CT molecular complexity index is 425. The van der Waals surface area contributed by atoms with E-state index in [1.807, 2.05) is 0 Å². The van der Waals surface area contributed by atoms with Gasteiger partial charge in [-0.25, -0.2) is 0 Å². The van der Waals surface area contributed by atoms with Gasteiger partial charge in [0.2, 0.25) is 0 Å². The Morgan fingerprint density at radius 3 is 2.70 bits per heavy atom. The molecule has 1 atom stereocenters. The van der Waals surface area contributed by atoms with Crippen molar-refractivity contribution in [2.24, 2.45) is 5.41 Å². The molecule has 2 heteroatoms. The second-order valence-electron chi connectivity index (χ2n) is 6.91. The van der Waals surface area contributed by atoms with Crippen molar-refractivity contribution >= 4 is 5.69 Å². The van der Waals surface area contributed by atoms with E-state index in [1.165, 1.54) is 36.9 Å². The number of benzene rings is 1. The minimum Gasteiger partial charge on any atom is -0.374 e. The monoisotopic (exact) mass is 274 g/mol. The van der Waals surface area contributed by atoms with Gasteiger partial charge in [-0.2, -0.15) is 0 Å². The van der Waals surface area contributed by atoms with Gasteiger partial charge in [-0.15, -0.1) is 0 Å². The Kier molecular flexibility index (Phi) is 5.09. The molecule has 112 valence electrons. The van der Waals surface area contributed by atoms with Gasteiger partial charge >= 0.3 is 0 Å². The molecule has 0 amide bonds. The Morgan fingerprint density at radius 2 is 2.10 bits per heavy atom. The maximum absolute atomic E-state index is 3.72. The lowest BCUT2D eigenvalue weighted by Crippen LogP contribution is -2.41. The van der Waals surface area contributed by atoms with E-state index in [4.69, 9.17) is 0 Å². The summed E-state index contributed by atoms with van der Waals surface area (Å²) in [6.07, 6.45) is 5.28. The van der Waals surface area contributed by atoms with E-state index in [9.17, 15) is 0 Å². The van der Waals surface area contributed by atoms with Crippen molar-refractivity contribution in [2.75, 3.05) is 25.0 Å². The highest BCUT2D eigenvalue weighted by molar-refractivity contribution is 5.47. The highest BCUT2D eigenvalue weighted by Crippen LogP contribution is 2.28. The first-order chi connectivity index (χ1) is 9.52. The zero-order valence-corrected chi connectivity index (χ0v) is 13.6. The SMILES string of the molecule is CCCC(C)(CNC1CC1)CN(C)c1cccc(C)c1. The van der Waals surface area contributed by atoms with Crippen LogP contribution in [-0.2, 0) is 0 Å². The number of anilines is 1. The molecule has 1 aliphatic carbocycles. The third kappa shape index (κ3) is 4.52. The Hall–Kier alpha value is -1.02. The van der Waals surface area contributed by atoms with E-state index in [1.54, 1.807) is 0 Å². The summed E-state index contributed by atoms with van der Waals surface area (Å²) >= 11 is 0. The molecular formula is C18H30N2. The highest BCUT2D eigenvalue weighted by Gasteiger charge is 2.29. The van der Waals surface area contributed by atoms with Gasteiger partial charge in [-0.1, -0.05) is 32.4 Å². The van der Waals surface area contributed by atoms with Gasteiger partial charge in [0.05, 0.1) is 0 Å². The number of hydrogen-bond acceptors (Lipinski definition) is 2. The lowest BCUT2D eigenvalue weighted by Gasteiger charge is -2.35. The lowest BCUT2D eigenvalue weighted by atomic mass is 9.84. The second kappa shape index (κ2) is 6.62. The van der Waals surface area contributed by atoms with Gasteiger partial charge in [0.25, 0.3) is 0 Å². The molecule has 0 aromatic heterocycles. The third-order valence-electron chi connectivity index (χ3n) is 4.31. The molecule has 0 heterocycles. The quantitative estimate of drug-likeness (QED) is 0.771. The normalized spacial score (nSPS) is 17.8. The molecule has 0 aliphatic heterocycles. The summed E-state index contributed by atoms with van der Waals surface area (Å²) in [4.78, 5) is 2.41. The number of nitrogens with zero attached hydrogens (tertiary/aromatic N) is 1. The van der Waals surface area contributed by atoms with Crippen molar-refractivity contribution in [3.63, 3.8) is 0 Å². The molecule has 2 rings (SSSR count). The van der Waals surface area contributed by atoms with Crippen LogP contribution in [0, 0.1) is 12.3 Å². The van der Waals surface area contributed by atoms with Crippen LogP contribution in [0.5, 0.6) is 0 Å². The smallest absolute Gasteiger partial charge is 0.0366 e. The van der Waals surface area contributed by atoms with E-state index in [0.29, 0.717) is 5.41 Å². The second-order valence-corrected chi connectivity index (χ2v) is 6.91. The third-order valence-corrected chi connectivity index (χ3v) is 4.31.